The van der Waals surface area contributed by atoms with E-state index in [1.54, 1.807) is 24.3 Å². The maximum atomic E-state index is 12.2. The van der Waals surface area contributed by atoms with Gasteiger partial charge < -0.3 is 19.4 Å². The molecule has 1 fully saturated rings. The highest BCUT2D eigenvalue weighted by Crippen LogP contribution is 2.23. The second-order valence-corrected chi connectivity index (χ2v) is 7.29. The number of carbonyl (C=O) groups is 1. The molecule has 0 unspecified atom stereocenters. The summed E-state index contributed by atoms with van der Waals surface area (Å²) in [5, 5.41) is 3.61. The van der Waals surface area contributed by atoms with E-state index in [0.717, 1.165) is 37.7 Å². The maximum absolute atomic E-state index is 12.2. The van der Waals surface area contributed by atoms with Crippen LogP contribution in [0.15, 0.2) is 40.8 Å². The lowest BCUT2D eigenvalue weighted by Gasteiger charge is -2.37. The third-order valence-corrected chi connectivity index (χ3v) is 5.00. The predicted octanol–water partition coefficient (Wildman–Crippen LogP) is 2.73. The first-order valence-electron chi connectivity index (χ1n) is 9.15. The van der Waals surface area contributed by atoms with E-state index in [1.807, 2.05) is 19.1 Å². The molecule has 0 bridgehead atoms. The Kier molecular flexibility index (Phi) is 6.77. The summed E-state index contributed by atoms with van der Waals surface area (Å²) in [6, 6.07) is 10.9. The Labute approximate surface area is 165 Å². The SMILES string of the molecule is Cc1ccc([C@H](CNC(=O)COc2ccc(Cl)cc2)N2CCN(C)CC2)o1. The molecule has 0 spiro atoms. The summed E-state index contributed by atoms with van der Waals surface area (Å²) in [5.74, 6) is 2.22. The fourth-order valence-electron chi connectivity index (χ4n) is 3.12. The number of aryl methyl sites for hydroxylation is 1. The zero-order valence-corrected chi connectivity index (χ0v) is 16.5. The Morgan fingerprint density at radius 2 is 1.89 bits per heavy atom. The fourth-order valence-corrected chi connectivity index (χ4v) is 3.24. The van der Waals surface area contributed by atoms with Gasteiger partial charge in [-0.05, 0) is 50.4 Å². The smallest absolute Gasteiger partial charge is 0.258 e. The maximum Gasteiger partial charge on any atom is 0.258 e. The van der Waals surface area contributed by atoms with Gasteiger partial charge >= 0.3 is 0 Å². The molecule has 146 valence electrons. The van der Waals surface area contributed by atoms with Gasteiger partial charge in [-0.15, -0.1) is 0 Å². The number of nitrogens with one attached hydrogen (secondary N) is 1. The molecule has 1 amide bonds. The van der Waals surface area contributed by atoms with Crippen LogP contribution in [-0.4, -0.2) is 62.1 Å². The minimum atomic E-state index is -0.160. The standard InChI is InChI=1S/C20H26ClN3O3/c1-15-3-8-19(27-15)18(24-11-9-23(2)10-12-24)13-22-20(25)14-26-17-6-4-16(21)5-7-17/h3-8,18H,9-14H2,1-2H3,(H,22,25)/t18-/m0/s1. The minimum absolute atomic E-state index is 0.0203. The molecule has 1 aliphatic heterocycles. The van der Waals surface area contributed by atoms with Crippen LogP contribution in [0.5, 0.6) is 5.75 Å². The molecule has 27 heavy (non-hydrogen) atoms. The Morgan fingerprint density at radius 1 is 1.19 bits per heavy atom. The molecule has 1 saturated heterocycles. The van der Waals surface area contributed by atoms with Crippen molar-refractivity contribution in [3.63, 3.8) is 0 Å². The quantitative estimate of drug-likeness (QED) is 0.786. The predicted molar refractivity (Wildman–Crippen MR) is 105 cm³/mol. The number of carbonyl (C=O) groups excluding carboxylic acids is 1. The van der Waals surface area contributed by atoms with Crippen molar-refractivity contribution in [1.82, 2.24) is 15.1 Å². The summed E-state index contributed by atoms with van der Waals surface area (Å²) in [6.07, 6.45) is 0. The van der Waals surface area contributed by atoms with E-state index in [1.165, 1.54) is 0 Å². The molecule has 3 rings (SSSR count). The molecule has 1 aliphatic rings. The molecular formula is C20H26ClN3O3. The fraction of sp³-hybridized carbons (Fsp3) is 0.450. The van der Waals surface area contributed by atoms with Crippen LogP contribution < -0.4 is 10.1 Å². The van der Waals surface area contributed by atoms with Crippen molar-refractivity contribution in [2.24, 2.45) is 0 Å². The van der Waals surface area contributed by atoms with E-state index in [2.05, 4.69) is 22.2 Å². The van der Waals surface area contributed by atoms with E-state index >= 15 is 0 Å². The van der Waals surface area contributed by atoms with Crippen LogP contribution in [0, 0.1) is 6.92 Å². The number of amides is 1. The van der Waals surface area contributed by atoms with Crippen molar-refractivity contribution in [3.8, 4) is 5.75 Å². The molecule has 2 aromatic rings. The van der Waals surface area contributed by atoms with Gasteiger partial charge in [-0.1, -0.05) is 11.6 Å². The summed E-state index contributed by atoms with van der Waals surface area (Å²) in [6.45, 7) is 6.28. The van der Waals surface area contributed by atoms with Crippen molar-refractivity contribution >= 4 is 17.5 Å². The monoisotopic (exact) mass is 391 g/mol. The number of benzene rings is 1. The molecule has 1 atom stereocenters. The summed E-state index contributed by atoms with van der Waals surface area (Å²) < 4.78 is 11.4. The van der Waals surface area contributed by atoms with Gasteiger partial charge in [0.05, 0.1) is 6.04 Å². The number of hydrogen-bond donors (Lipinski definition) is 1. The molecule has 1 aromatic carbocycles. The number of ether oxygens (including phenoxy) is 1. The van der Waals surface area contributed by atoms with E-state index in [0.29, 0.717) is 17.3 Å². The molecule has 1 N–H and O–H groups in total. The van der Waals surface area contributed by atoms with Gasteiger partial charge in [0.25, 0.3) is 5.91 Å². The summed E-state index contributed by atoms with van der Waals surface area (Å²) in [7, 11) is 2.12. The largest absolute Gasteiger partial charge is 0.484 e. The second kappa shape index (κ2) is 9.26. The molecule has 0 saturated carbocycles. The molecule has 0 aliphatic carbocycles. The Morgan fingerprint density at radius 3 is 2.52 bits per heavy atom. The number of nitrogens with zero attached hydrogens (tertiary/aromatic N) is 2. The zero-order valence-electron chi connectivity index (χ0n) is 15.8. The van der Waals surface area contributed by atoms with Crippen molar-refractivity contribution in [3.05, 3.63) is 52.9 Å². The topological polar surface area (TPSA) is 58.0 Å². The van der Waals surface area contributed by atoms with Crippen LogP contribution in [0.2, 0.25) is 5.02 Å². The van der Waals surface area contributed by atoms with E-state index in [-0.39, 0.29) is 18.6 Å². The number of halogens is 1. The molecule has 7 heteroatoms. The van der Waals surface area contributed by atoms with Crippen molar-refractivity contribution in [1.29, 1.82) is 0 Å². The van der Waals surface area contributed by atoms with Crippen molar-refractivity contribution < 1.29 is 13.9 Å². The van der Waals surface area contributed by atoms with Gasteiger partial charge in [-0.2, -0.15) is 0 Å². The minimum Gasteiger partial charge on any atom is -0.484 e. The van der Waals surface area contributed by atoms with Crippen LogP contribution in [0.4, 0.5) is 0 Å². The summed E-state index contributed by atoms with van der Waals surface area (Å²) in [5.41, 5.74) is 0. The highest BCUT2D eigenvalue weighted by atomic mass is 35.5. The zero-order chi connectivity index (χ0) is 19.2. The van der Waals surface area contributed by atoms with Crippen LogP contribution in [0.25, 0.3) is 0 Å². The molecule has 1 aromatic heterocycles. The number of hydrogen-bond acceptors (Lipinski definition) is 5. The van der Waals surface area contributed by atoms with Gasteiger partial charge in [-0.3, -0.25) is 9.69 Å². The summed E-state index contributed by atoms with van der Waals surface area (Å²) in [4.78, 5) is 16.9. The van der Waals surface area contributed by atoms with E-state index in [4.69, 9.17) is 20.8 Å². The van der Waals surface area contributed by atoms with Crippen LogP contribution in [0.1, 0.15) is 17.6 Å². The third kappa shape index (κ3) is 5.73. The Hall–Kier alpha value is -2.02. The average molecular weight is 392 g/mol. The van der Waals surface area contributed by atoms with Gasteiger partial charge in [0.15, 0.2) is 6.61 Å². The lowest BCUT2D eigenvalue weighted by atomic mass is 10.1. The third-order valence-electron chi connectivity index (χ3n) is 4.74. The van der Waals surface area contributed by atoms with Crippen LogP contribution in [-0.2, 0) is 4.79 Å². The Balaban J connectivity index is 1.55. The van der Waals surface area contributed by atoms with Crippen LogP contribution >= 0.6 is 11.6 Å². The molecule has 6 nitrogen and oxygen atoms in total. The lowest BCUT2D eigenvalue weighted by molar-refractivity contribution is -0.123. The molecule has 0 radical (unpaired) electrons. The lowest BCUT2D eigenvalue weighted by Crippen LogP contribution is -2.48. The van der Waals surface area contributed by atoms with Gasteiger partial charge in [0.2, 0.25) is 0 Å². The highest BCUT2D eigenvalue weighted by Gasteiger charge is 2.26. The summed E-state index contributed by atoms with van der Waals surface area (Å²) >= 11 is 5.85. The second-order valence-electron chi connectivity index (χ2n) is 6.85. The van der Waals surface area contributed by atoms with Crippen LogP contribution in [0.3, 0.4) is 0 Å². The number of likely N-dealkylation sites (N-methyl/N-ethyl adjacent to an activating group) is 1. The van der Waals surface area contributed by atoms with Crippen molar-refractivity contribution in [2.75, 3.05) is 46.4 Å². The van der Waals surface area contributed by atoms with Gasteiger partial charge in [0.1, 0.15) is 17.3 Å². The van der Waals surface area contributed by atoms with E-state index < -0.39 is 0 Å². The highest BCUT2D eigenvalue weighted by molar-refractivity contribution is 6.30. The molecular weight excluding hydrogens is 366 g/mol. The normalized spacial score (nSPS) is 16.9. The Bertz CT molecular complexity index is 739. The van der Waals surface area contributed by atoms with Crippen molar-refractivity contribution in [2.45, 2.75) is 13.0 Å². The first kappa shape index (κ1) is 19.7. The number of piperazine rings is 1. The first-order valence-corrected chi connectivity index (χ1v) is 9.53. The first-order chi connectivity index (χ1) is 13.0. The van der Waals surface area contributed by atoms with E-state index in [9.17, 15) is 4.79 Å². The number of rotatable bonds is 7. The average Bonchev–Trinajstić information content (AvgIpc) is 3.09. The number of furan rings is 1. The molecule has 2 heterocycles. The van der Waals surface area contributed by atoms with Gasteiger partial charge in [0, 0.05) is 37.7 Å². The van der Waals surface area contributed by atoms with Gasteiger partial charge in [-0.25, -0.2) is 0 Å².